The van der Waals surface area contributed by atoms with Crippen LogP contribution in [0.25, 0.3) is 0 Å². The summed E-state index contributed by atoms with van der Waals surface area (Å²) in [6.07, 6.45) is 0. The number of nitro benzene ring substituents is 1. The summed E-state index contributed by atoms with van der Waals surface area (Å²) in [4.78, 5) is 15.2. The van der Waals surface area contributed by atoms with E-state index in [9.17, 15) is 10.1 Å². The molecule has 1 fully saturated rings. The molecule has 9 heteroatoms. The normalized spacial score (nSPS) is 17.1. The molecule has 0 aliphatic carbocycles. The van der Waals surface area contributed by atoms with Gasteiger partial charge in [0, 0.05) is 44.0 Å². The van der Waals surface area contributed by atoms with Crippen molar-refractivity contribution in [2.24, 2.45) is 5.92 Å². The van der Waals surface area contributed by atoms with Crippen LogP contribution in [0.1, 0.15) is 46.5 Å². The Hall–Kier alpha value is -2.55. The first-order valence-electron chi connectivity index (χ1n) is 9.70. The number of anilines is 1. The molecule has 1 aliphatic heterocycles. The maximum atomic E-state index is 10.8. The van der Waals surface area contributed by atoms with Crippen molar-refractivity contribution >= 4 is 11.4 Å². The molecule has 1 saturated heterocycles. The number of nitro groups is 1. The van der Waals surface area contributed by atoms with Crippen molar-refractivity contribution in [2.45, 2.75) is 46.2 Å². The van der Waals surface area contributed by atoms with Gasteiger partial charge < -0.3 is 4.90 Å². The van der Waals surface area contributed by atoms with Crippen LogP contribution in [0.4, 0.5) is 11.4 Å². The number of nitrogens with zero attached hydrogens (tertiary/aromatic N) is 7. The molecule has 2 aromatic rings. The number of aromatic nitrogens is 4. The molecular weight excluding hydrogens is 358 g/mol. The van der Waals surface area contributed by atoms with E-state index in [1.807, 2.05) is 16.8 Å². The number of benzene rings is 1. The van der Waals surface area contributed by atoms with Crippen LogP contribution in [0.2, 0.25) is 0 Å². The minimum Gasteiger partial charge on any atom is -0.369 e. The minimum absolute atomic E-state index is 0.122. The van der Waals surface area contributed by atoms with Crippen LogP contribution in [0.5, 0.6) is 0 Å². The number of non-ortho nitro benzene ring substituents is 1. The Balaban J connectivity index is 1.73. The highest BCUT2D eigenvalue weighted by atomic mass is 16.6. The number of piperazine rings is 1. The van der Waals surface area contributed by atoms with Crippen molar-refractivity contribution in [1.29, 1.82) is 0 Å². The van der Waals surface area contributed by atoms with Crippen LogP contribution in [0, 0.1) is 16.0 Å². The zero-order valence-electron chi connectivity index (χ0n) is 17.2. The van der Waals surface area contributed by atoms with Gasteiger partial charge in [0.05, 0.1) is 16.5 Å². The van der Waals surface area contributed by atoms with Crippen molar-refractivity contribution in [3.05, 3.63) is 40.2 Å². The lowest BCUT2D eigenvalue weighted by Crippen LogP contribution is -2.49. The van der Waals surface area contributed by atoms with Gasteiger partial charge in [-0.15, -0.1) is 5.10 Å². The fraction of sp³-hybridized carbons (Fsp3) is 0.632. The van der Waals surface area contributed by atoms with Crippen LogP contribution in [-0.4, -0.2) is 56.2 Å². The quantitative estimate of drug-likeness (QED) is 0.575. The average molecular weight is 387 g/mol. The van der Waals surface area contributed by atoms with E-state index >= 15 is 0 Å². The Morgan fingerprint density at radius 3 is 2.18 bits per heavy atom. The molecule has 0 spiro atoms. The van der Waals surface area contributed by atoms with Crippen molar-refractivity contribution < 1.29 is 4.92 Å². The van der Waals surface area contributed by atoms with Gasteiger partial charge in [-0.3, -0.25) is 15.0 Å². The molecule has 3 rings (SSSR count). The Morgan fingerprint density at radius 1 is 1.07 bits per heavy atom. The zero-order chi connectivity index (χ0) is 20.5. The second-order valence-electron chi connectivity index (χ2n) is 8.61. The summed E-state index contributed by atoms with van der Waals surface area (Å²) in [5, 5.41) is 23.4. The third kappa shape index (κ3) is 4.14. The topological polar surface area (TPSA) is 93.2 Å². The molecule has 1 aliphatic rings. The summed E-state index contributed by atoms with van der Waals surface area (Å²) in [5.41, 5.74) is 0.967. The number of rotatable bonds is 5. The van der Waals surface area contributed by atoms with Gasteiger partial charge in [0.1, 0.15) is 0 Å². The van der Waals surface area contributed by atoms with Gasteiger partial charge in [-0.05, 0) is 49.2 Å². The Labute approximate surface area is 165 Å². The molecule has 1 aromatic carbocycles. The predicted octanol–water partition coefficient (Wildman–Crippen LogP) is 2.86. The van der Waals surface area contributed by atoms with Crippen LogP contribution in [0.15, 0.2) is 24.3 Å². The summed E-state index contributed by atoms with van der Waals surface area (Å²) >= 11 is 0. The maximum Gasteiger partial charge on any atom is 0.269 e. The van der Waals surface area contributed by atoms with E-state index in [0.717, 1.165) is 37.7 Å². The molecule has 9 nitrogen and oxygen atoms in total. The van der Waals surface area contributed by atoms with Gasteiger partial charge in [0.25, 0.3) is 5.69 Å². The monoisotopic (exact) mass is 387 g/mol. The summed E-state index contributed by atoms with van der Waals surface area (Å²) < 4.78 is 1.93. The largest absolute Gasteiger partial charge is 0.369 e. The summed E-state index contributed by atoms with van der Waals surface area (Å²) in [6.45, 7) is 14.2. The van der Waals surface area contributed by atoms with Gasteiger partial charge in [0.15, 0.2) is 5.82 Å². The zero-order valence-corrected chi connectivity index (χ0v) is 17.2. The third-order valence-electron chi connectivity index (χ3n) is 5.16. The molecule has 152 valence electrons. The Bertz CT molecular complexity index is 802. The smallest absolute Gasteiger partial charge is 0.269 e. The maximum absolute atomic E-state index is 10.8. The highest BCUT2D eigenvalue weighted by Gasteiger charge is 2.33. The average Bonchev–Trinajstić information content (AvgIpc) is 3.12. The van der Waals surface area contributed by atoms with Crippen molar-refractivity contribution in [2.75, 3.05) is 31.1 Å². The van der Waals surface area contributed by atoms with Crippen molar-refractivity contribution in [3.63, 3.8) is 0 Å². The molecule has 28 heavy (non-hydrogen) atoms. The van der Waals surface area contributed by atoms with Crippen LogP contribution >= 0.6 is 0 Å². The number of tetrazole rings is 1. The lowest BCUT2D eigenvalue weighted by Gasteiger charge is -2.41. The Kier molecular flexibility index (Phi) is 5.64. The third-order valence-corrected chi connectivity index (χ3v) is 5.16. The van der Waals surface area contributed by atoms with Gasteiger partial charge >= 0.3 is 0 Å². The molecule has 0 N–H and O–H groups in total. The van der Waals surface area contributed by atoms with E-state index in [1.165, 1.54) is 0 Å². The van der Waals surface area contributed by atoms with Crippen molar-refractivity contribution in [3.8, 4) is 0 Å². The second kappa shape index (κ2) is 7.83. The number of hydrogen-bond acceptors (Lipinski definition) is 7. The minimum atomic E-state index is -0.367. The lowest BCUT2D eigenvalue weighted by atomic mass is 9.99. The summed E-state index contributed by atoms with van der Waals surface area (Å²) in [6, 6.07) is 6.93. The van der Waals surface area contributed by atoms with Crippen LogP contribution in [0.3, 0.4) is 0 Å². The first kappa shape index (κ1) is 20.2. The standard InChI is InChI=1S/C19H29N7O2/c1-14(2)17(18-20-21-22-25(18)19(3,4)5)24-12-10-23(11-13-24)15-6-8-16(9-7-15)26(27)28/h6-9,14,17H,10-13H2,1-5H3/t17-/m0/s1. The SMILES string of the molecule is CC(C)[C@@H](c1nnnn1C(C)(C)C)N1CCN(c2ccc([N+](=O)[O-])cc2)CC1. The molecule has 1 atom stereocenters. The van der Waals surface area contributed by atoms with E-state index < -0.39 is 0 Å². The van der Waals surface area contributed by atoms with Gasteiger partial charge in [-0.25, -0.2) is 4.68 Å². The molecule has 0 amide bonds. The summed E-state index contributed by atoms with van der Waals surface area (Å²) in [7, 11) is 0. The molecule has 0 bridgehead atoms. The van der Waals surface area contributed by atoms with Crippen LogP contribution < -0.4 is 4.90 Å². The Morgan fingerprint density at radius 2 is 1.68 bits per heavy atom. The molecular formula is C19H29N7O2. The number of hydrogen-bond donors (Lipinski definition) is 0. The molecule has 0 saturated carbocycles. The second-order valence-corrected chi connectivity index (χ2v) is 8.61. The fourth-order valence-corrected chi connectivity index (χ4v) is 3.78. The van der Waals surface area contributed by atoms with Crippen molar-refractivity contribution in [1.82, 2.24) is 25.1 Å². The molecule has 1 aromatic heterocycles. The van der Waals surface area contributed by atoms with E-state index in [0.29, 0.717) is 5.92 Å². The van der Waals surface area contributed by atoms with E-state index in [2.05, 4.69) is 59.9 Å². The molecule has 0 radical (unpaired) electrons. The molecule has 0 unspecified atom stereocenters. The summed E-state index contributed by atoms with van der Waals surface area (Å²) in [5.74, 6) is 1.28. The lowest BCUT2D eigenvalue weighted by molar-refractivity contribution is -0.384. The van der Waals surface area contributed by atoms with Gasteiger partial charge in [-0.1, -0.05) is 13.8 Å². The predicted molar refractivity (Wildman–Crippen MR) is 107 cm³/mol. The van der Waals surface area contributed by atoms with E-state index in [-0.39, 0.29) is 22.2 Å². The van der Waals surface area contributed by atoms with Gasteiger partial charge in [0.2, 0.25) is 0 Å². The molecule has 2 heterocycles. The first-order valence-corrected chi connectivity index (χ1v) is 9.70. The first-order chi connectivity index (χ1) is 13.2. The van der Waals surface area contributed by atoms with Gasteiger partial charge in [-0.2, -0.15) is 0 Å². The highest BCUT2D eigenvalue weighted by molar-refractivity contribution is 5.51. The fourth-order valence-electron chi connectivity index (χ4n) is 3.78. The van der Waals surface area contributed by atoms with E-state index in [1.54, 1.807) is 12.1 Å². The van der Waals surface area contributed by atoms with E-state index in [4.69, 9.17) is 0 Å². The highest BCUT2D eigenvalue weighted by Crippen LogP contribution is 2.31. The van der Waals surface area contributed by atoms with Crippen LogP contribution in [-0.2, 0) is 5.54 Å².